The maximum atomic E-state index is 12.7. The molecular formula is C23H26N5O+. The smallest absolute Gasteiger partial charge is 0.282 e. The second-order valence-electron chi connectivity index (χ2n) is 7.32. The number of carbonyl (C=O) groups is 1. The van der Waals surface area contributed by atoms with E-state index >= 15 is 0 Å². The van der Waals surface area contributed by atoms with Crippen molar-refractivity contribution in [3.8, 4) is 11.8 Å². The first-order valence-electron chi connectivity index (χ1n) is 9.64. The number of para-hydroxylation sites is 1. The third-order valence-corrected chi connectivity index (χ3v) is 5.31. The predicted octanol–water partition coefficient (Wildman–Crippen LogP) is 2.40. The predicted molar refractivity (Wildman–Crippen MR) is 113 cm³/mol. The summed E-state index contributed by atoms with van der Waals surface area (Å²) in [6, 6.07) is 18.8. The normalized spacial score (nSPS) is 12.8. The minimum absolute atomic E-state index is 0.0574. The monoisotopic (exact) mass is 388 g/mol. The molecule has 0 aliphatic rings. The Bertz CT molecular complexity index is 1030. The van der Waals surface area contributed by atoms with E-state index in [0.29, 0.717) is 17.8 Å². The minimum Gasteiger partial charge on any atom is -0.324 e. The van der Waals surface area contributed by atoms with Gasteiger partial charge in [-0.05, 0) is 57.2 Å². The molecule has 2 aromatic carbocycles. The molecule has 1 unspecified atom stereocenters. The summed E-state index contributed by atoms with van der Waals surface area (Å²) in [4.78, 5) is 13.8. The van der Waals surface area contributed by atoms with Crippen LogP contribution in [0.4, 0.5) is 5.69 Å². The number of nitriles is 1. The van der Waals surface area contributed by atoms with E-state index in [0.717, 1.165) is 27.5 Å². The van der Waals surface area contributed by atoms with Gasteiger partial charge in [0.2, 0.25) is 0 Å². The van der Waals surface area contributed by atoms with Gasteiger partial charge in [0, 0.05) is 5.69 Å². The Kier molecular flexibility index (Phi) is 6.10. The van der Waals surface area contributed by atoms with Gasteiger partial charge in [-0.2, -0.15) is 10.4 Å². The Morgan fingerprint density at radius 1 is 1.17 bits per heavy atom. The van der Waals surface area contributed by atoms with Gasteiger partial charge >= 0.3 is 0 Å². The Balaban J connectivity index is 1.70. The van der Waals surface area contributed by atoms with Crippen LogP contribution in [0.3, 0.4) is 0 Å². The Morgan fingerprint density at radius 3 is 2.45 bits per heavy atom. The number of benzene rings is 2. The quantitative estimate of drug-likeness (QED) is 0.681. The maximum absolute atomic E-state index is 12.7. The summed E-state index contributed by atoms with van der Waals surface area (Å²) in [7, 11) is 2.02. The molecule has 6 heteroatoms. The van der Waals surface area contributed by atoms with Gasteiger partial charge in [-0.15, -0.1) is 0 Å². The number of carbonyl (C=O) groups excluding carboxylic acids is 1. The van der Waals surface area contributed by atoms with E-state index in [2.05, 4.69) is 18.3 Å². The zero-order valence-corrected chi connectivity index (χ0v) is 17.2. The van der Waals surface area contributed by atoms with Crippen molar-refractivity contribution in [2.24, 2.45) is 0 Å². The van der Waals surface area contributed by atoms with Gasteiger partial charge in [0.25, 0.3) is 5.91 Å². The SMILES string of the molecule is Cc1nn(-c2ccccc2)c(C)c1C[NH+](C)[C@@H](C)C(=O)Nc1ccc(C#N)cc1. The molecule has 29 heavy (non-hydrogen) atoms. The highest BCUT2D eigenvalue weighted by Gasteiger charge is 2.25. The van der Waals surface area contributed by atoms with Gasteiger partial charge in [-0.1, -0.05) is 18.2 Å². The second kappa shape index (κ2) is 8.72. The second-order valence-corrected chi connectivity index (χ2v) is 7.32. The lowest BCUT2D eigenvalue weighted by Crippen LogP contribution is -3.12. The molecule has 1 amide bonds. The summed E-state index contributed by atoms with van der Waals surface area (Å²) in [6.45, 7) is 6.70. The molecule has 0 saturated carbocycles. The first-order chi connectivity index (χ1) is 13.9. The zero-order chi connectivity index (χ0) is 21.0. The number of hydrogen-bond donors (Lipinski definition) is 2. The Labute approximate surface area is 171 Å². The molecule has 6 nitrogen and oxygen atoms in total. The van der Waals surface area contributed by atoms with Crippen LogP contribution in [-0.2, 0) is 11.3 Å². The zero-order valence-electron chi connectivity index (χ0n) is 17.2. The van der Waals surface area contributed by atoms with Crippen LogP contribution in [0.2, 0.25) is 0 Å². The highest BCUT2D eigenvalue weighted by molar-refractivity contribution is 5.93. The van der Waals surface area contributed by atoms with Crippen molar-refractivity contribution in [2.45, 2.75) is 33.4 Å². The average Bonchev–Trinajstić information content (AvgIpc) is 3.02. The van der Waals surface area contributed by atoms with E-state index in [1.807, 2.05) is 55.9 Å². The molecule has 0 saturated heterocycles. The molecule has 2 atom stereocenters. The van der Waals surface area contributed by atoms with Gasteiger partial charge in [-0.3, -0.25) is 4.79 Å². The number of amides is 1. The van der Waals surface area contributed by atoms with Crippen molar-refractivity contribution >= 4 is 11.6 Å². The van der Waals surface area contributed by atoms with Crippen molar-refractivity contribution < 1.29 is 9.69 Å². The number of nitrogens with zero attached hydrogens (tertiary/aromatic N) is 3. The Hall–Kier alpha value is -3.43. The summed E-state index contributed by atoms with van der Waals surface area (Å²) in [5.41, 5.74) is 5.52. The molecule has 148 valence electrons. The van der Waals surface area contributed by atoms with Gasteiger partial charge in [0.05, 0.1) is 41.3 Å². The molecule has 0 spiro atoms. The van der Waals surface area contributed by atoms with Crippen LogP contribution in [-0.4, -0.2) is 28.8 Å². The third kappa shape index (κ3) is 4.53. The van der Waals surface area contributed by atoms with Gasteiger partial charge < -0.3 is 10.2 Å². The summed E-state index contributed by atoms with van der Waals surface area (Å²) in [5.74, 6) is -0.0574. The van der Waals surface area contributed by atoms with Crippen LogP contribution in [0.1, 0.15) is 29.4 Å². The molecule has 0 aliphatic heterocycles. The molecule has 0 fully saturated rings. The van der Waals surface area contributed by atoms with Crippen LogP contribution in [0.5, 0.6) is 0 Å². The van der Waals surface area contributed by atoms with Gasteiger partial charge in [0.1, 0.15) is 6.54 Å². The summed E-state index contributed by atoms with van der Waals surface area (Å²) < 4.78 is 1.96. The summed E-state index contributed by atoms with van der Waals surface area (Å²) in [5, 5.41) is 16.5. The van der Waals surface area contributed by atoms with Crippen molar-refractivity contribution in [3.05, 3.63) is 77.1 Å². The lowest BCUT2D eigenvalue weighted by molar-refractivity contribution is -0.907. The molecule has 0 radical (unpaired) electrons. The number of likely N-dealkylation sites (N-methyl/N-ethyl adjacent to an activating group) is 1. The van der Waals surface area contributed by atoms with E-state index in [4.69, 9.17) is 10.4 Å². The lowest BCUT2D eigenvalue weighted by Gasteiger charge is -2.21. The van der Waals surface area contributed by atoms with Gasteiger partial charge in [0.15, 0.2) is 6.04 Å². The number of quaternary nitrogens is 1. The van der Waals surface area contributed by atoms with Crippen molar-refractivity contribution in [1.29, 1.82) is 5.26 Å². The topological polar surface area (TPSA) is 75.2 Å². The number of hydrogen-bond acceptors (Lipinski definition) is 3. The average molecular weight is 388 g/mol. The maximum Gasteiger partial charge on any atom is 0.282 e. The molecule has 2 N–H and O–H groups in total. The Morgan fingerprint density at radius 2 is 1.83 bits per heavy atom. The highest BCUT2D eigenvalue weighted by Crippen LogP contribution is 2.17. The van der Waals surface area contributed by atoms with Crippen LogP contribution >= 0.6 is 0 Å². The molecule has 0 bridgehead atoms. The van der Waals surface area contributed by atoms with Crippen LogP contribution in [0.25, 0.3) is 5.69 Å². The number of rotatable bonds is 6. The van der Waals surface area contributed by atoms with Crippen LogP contribution in [0, 0.1) is 25.2 Å². The fraction of sp³-hybridized carbons (Fsp3) is 0.261. The number of nitrogens with one attached hydrogen (secondary N) is 2. The summed E-state index contributed by atoms with van der Waals surface area (Å²) in [6.07, 6.45) is 0. The van der Waals surface area contributed by atoms with E-state index in [9.17, 15) is 4.79 Å². The summed E-state index contributed by atoms with van der Waals surface area (Å²) >= 11 is 0. The number of anilines is 1. The van der Waals surface area contributed by atoms with Crippen molar-refractivity contribution in [1.82, 2.24) is 9.78 Å². The fourth-order valence-electron chi connectivity index (χ4n) is 3.29. The standard InChI is InChI=1S/C23H25N5O/c1-16-22(17(2)28(26-16)21-8-6-5-7-9-21)15-27(4)18(3)23(29)25-20-12-10-19(14-24)11-13-20/h5-13,18H,15H2,1-4H3,(H,25,29)/p+1/t18-/m0/s1. The number of aryl methyl sites for hydroxylation is 1. The molecule has 3 aromatic rings. The van der Waals surface area contributed by atoms with E-state index in [-0.39, 0.29) is 11.9 Å². The minimum atomic E-state index is -0.246. The van der Waals surface area contributed by atoms with Gasteiger partial charge in [-0.25, -0.2) is 4.68 Å². The number of aromatic nitrogens is 2. The molecule has 3 rings (SSSR count). The first kappa shape index (κ1) is 20.3. The van der Waals surface area contributed by atoms with E-state index in [1.165, 1.54) is 0 Å². The third-order valence-electron chi connectivity index (χ3n) is 5.31. The van der Waals surface area contributed by atoms with Crippen LogP contribution < -0.4 is 10.2 Å². The van der Waals surface area contributed by atoms with Crippen molar-refractivity contribution in [2.75, 3.05) is 12.4 Å². The molecule has 1 aromatic heterocycles. The lowest BCUT2D eigenvalue weighted by atomic mass is 10.1. The molecule has 1 heterocycles. The van der Waals surface area contributed by atoms with E-state index < -0.39 is 0 Å². The van der Waals surface area contributed by atoms with Crippen molar-refractivity contribution in [3.63, 3.8) is 0 Å². The van der Waals surface area contributed by atoms with Crippen LogP contribution in [0.15, 0.2) is 54.6 Å². The first-order valence-corrected chi connectivity index (χ1v) is 9.64. The molecular weight excluding hydrogens is 362 g/mol. The molecule has 0 aliphatic carbocycles. The fourth-order valence-corrected chi connectivity index (χ4v) is 3.29. The largest absolute Gasteiger partial charge is 0.324 e. The highest BCUT2D eigenvalue weighted by atomic mass is 16.2. The van der Waals surface area contributed by atoms with E-state index in [1.54, 1.807) is 24.3 Å².